The van der Waals surface area contributed by atoms with Crippen molar-refractivity contribution in [1.29, 1.82) is 0 Å². The van der Waals surface area contributed by atoms with E-state index in [-0.39, 0.29) is 6.10 Å². The van der Waals surface area contributed by atoms with Crippen LogP contribution in [0.5, 0.6) is 0 Å². The Labute approximate surface area is 179 Å². The van der Waals surface area contributed by atoms with Gasteiger partial charge in [-0.25, -0.2) is 0 Å². The summed E-state index contributed by atoms with van der Waals surface area (Å²) in [7, 11) is 0. The molecule has 164 valence electrons. The largest absolute Gasteiger partial charge is 0.390 e. The lowest BCUT2D eigenvalue weighted by Crippen LogP contribution is -2.36. The normalized spacial score (nSPS) is 37.2. The fourth-order valence-electron chi connectivity index (χ4n) is 6.70. The third kappa shape index (κ3) is 5.25. The first-order chi connectivity index (χ1) is 13.6. The zero-order valence-corrected chi connectivity index (χ0v) is 19.3. The van der Waals surface area contributed by atoms with Crippen molar-refractivity contribution in [2.75, 3.05) is 0 Å². The molecule has 2 heteroatoms. The average Bonchev–Trinajstić information content (AvgIpc) is 2.99. The van der Waals surface area contributed by atoms with Gasteiger partial charge in [-0.3, -0.25) is 0 Å². The van der Waals surface area contributed by atoms with Crippen LogP contribution in [0.4, 0.5) is 0 Å². The molecule has 3 rings (SSSR count). The van der Waals surface area contributed by atoms with E-state index in [1.54, 1.807) is 5.57 Å². The maximum Gasteiger partial charge on any atom is 0.0787 e. The smallest absolute Gasteiger partial charge is 0.0787 e. The van der Waals surface area contributed by atoms with Crippen LogP contribution in [0.3, 0.4) is 0 Å². The van der Waals surface area contributed by atoms with E-state index < -0.39 is 5.60 Å². The van der Waals surface area contributed by atoms with Gasteiger partial charge in [-0.2, -0.15) is 0 Å². The van der Waals surface area contributed by atoms with Crippen molar-refractivity contribution in [1.82, 2.24) is 0 Å². The SMILES string of the molecule is C=C1C(=CC=C2CCC[C@]3(C)[C@@H]([C@H](C)CCCC(C)(C)O)CC[C@@H]23)CCC[C@H]1O. The molecule has 0 heterocycles. The molecule has 0 aliphatic heterocycles. The number of aliphatic hydroxyl groups is 2. The zero-order chi connectivity index (χ0) is 21.2. The van der Waals surface area contributed by atoms with E-state index in [9.17, 15) is 10.2 Å². The number of rotatable bonds is 6. The van der Waals surface area contributed by atoms with Gasteiger partial charge in [-0.15, -0.1) is 0 Å². The molecule has 0 amide bonds. The molecule has 3 aliphatic rings. The van der Waals surface area contributed by atoms with Crippen LogP contribution in [0, 0.1) is 23.2 Å². The van der Waals surface area contributed by atoms with Crippen molar-refractivity contribution < 1.29 is 10.2 Å². The molecule has 0 unspecified atom stereocenters. The fraction of sp³-hybridized carbons (Fsp3) is 0.778. The molecule has 29 heavy (non-hydrogen) atoms. The van der Waals surface area contributed by atoms with Crippen LogP contribution in [0.25, 0.3) is 0 Å². The van der Waals surface area contributed by atoms with E-state index in [0.717, 1.165) is 55.4 Å². The molecule has 0 saturated heterocycles. The second-order valence-corrected chi connectivity index (χ2v) is 11.1. The van der Waals surface area contributed by atoms with E-state index in [1.807, 2.05) is 13.8 Å². The second kappa shape index (κ2) is 9.10. The summed E-state index contributed by atoms with van der Waals surface area (Å²) >= 11 is 0. The highest BCUT2D eigenvalue weighted by Crippen LogP contribution is 2.60. The third-order valence-corrected chi connectivity index (χ3v) is 8.41. The Morgan fingerprint density at radius 2 is 1.93 bits per heavy atom. The van der Waals surface area contributed by atoms with E-state index in [2.05, 4.69) is 32.6 Å². The minimum Gasteiger partial charge on any atom is -0.390 e. The van der Waals surface area contributed by atoms with Crippen LogP contribution < -0.4 is 0 Å². The lowest BCUT2D eigenvalue weighted by Gasteiger charge is -2.44. The standard InChI is InChI=1S/C27H44O2/c1-19(9-7-17-26(3,4)29)23-15-16-24-22(11-8-18-27(23,24)5)14-13-21-10-6-12-25(28)20(21)2/h13-14,19,23-25,28-29H,2,6-12,15-18H2,1,3-5H3/t19-,23-,24+,25-,27-/m1/s1. The minimum absolute atomic E-state index is 0.342. The third-order valence-electron chi connectivity index (χ3n) is 8.41. The van der Waals surface area contributed by atoms with Crippen LogP contribution in [0.2, 0.25) is 0 Å². The molecule has 0 aromatic rings. The lowest BCUT2D eigenvalue weighted by atomic mass is 9.60. The second-order valence-electron chi connectivity index (χ2n) is 11.1. The summed E-state index contributed by atoms with van der Waals surface area (Å²) in [5, 5.41) is 20.2. The summed E-state index contributed by atoms with van der Waals surface area (Å²) in [6.45, 7) is 13.0. The number of aliphatic hydroxyl groups excluding tert-OH is 1. The number of hydrogen-bond donors (Lipinski definition) is 2. The van der Waals surface area contributed by atoms with Crippen molar-refractivity contribution in [2.45, 2.75) is 110 Å². The van der Waals surface area contributed by atoms with E-state index in [4.69, 9.17) is 0 Å². The predicted octanol–water partition coefficient (Wildman–Crippen LogP) is 6.73. The molecule has 3 fully saturated rings. The maximum absolute atomic E-state index is 10.1. The molecule has 3 aliphatic carbocycles. The molecule has 0 bridgehead atoms. The Hall–Kier alpha value is -0.860. The molecule has 0 aromatic carbocycles. The molecule has 0 radical (unpaired) electrons. The first kappa shape index (κ1) is 22.8. The molecule has 2 nitrogen and oxygen atoms in total. The Morgan fingerprint density at radius 1 is 1.17 bits per heavy atom. The molecule has 5 atom stereocenters. The van der Waals surface area contributed by atoms with Crippen LogP contribution in [0.15, 0.2) is 35.5 Å². The maximum atomic E-state index is 10.1. The summed E-state index contributed by atoms with van der Waals surface area (Å²) in [6, 6.07) is 0. The molecule has 2 N–H and O–H groups in total. The first-order valence-corrected chi connectivity index (χ1v) is 12.1. The fourth-order valence-corrected chi connectivity index (χ4v) is 6.70. The predicted molar refractivity (Wildman–Crippen MR) is 123 cm³/mol. The van der Waals surface area contributed by atoms with Crippen molar-refractivity contribution >= 4 is 0 Å². The van der Waals surface area contributed by atoms with Crippen molar-refractivity contribution in [3.8, 4) is 0 Å². The molecule has 3 saturated carbocycles. The van der Waals surface area contributed by atoms with Gasteiger partial charge in [-0.05, 0) is 106 Å². The topological polar surface area (TPSA) is 40.5 Å². The number of fused-ring (bicyclic) bond motifs is 1. The van der Waals surface area contributed by atoms with Gasteiger partial charge in [0.15, 0.2) is 0 Å². The van der Waals surface area contributed by atoms with Gasteiger partial charge in [-0.1, -0.05) is 51.0 Å². The molecule has 0 spiro atoms. The van der Waals surface area contributed by atoms with Gasteiger partial charge >= 0.3 is 0 Å². The highest BCUT2D eigenvalue weighted by Gasteiger charge is 2.50. The highest BCUT2D eigenvalue weighted by atomic mass is 16.3. The van der Waals surface area contributed by atoms with E-state index in [1.165, 1.54) is 44.1 Å². The highest BCUT2D eigenvalue weighted by molar-refractivity contribution is 5.37. The van der Waals surface area contributed by atoms with Gasteiger partial charge in [0.2, 0.25) is 0 Å². The van der Waals surface area contributed by atoms with Crippen molar-refractivity contribution in [2.24, 2.45) is 23.2 Å². The van der Waals surface area contributed by atoms with Gasteiger partial charge in [0, 0.05) is 0 Å². The van der Waals surface area contributed by atoms with E-state index >= 15 is 0 Å². The minimum atomic E-state index is -0.535. The van der Waals surface area contributed by atoms with Crippen LogP contribution in [-0.4, -0.2) is 21.9 Å². The summed E-state index contributed by atoms with van der Waals surface area (Å²) < 4.78 is 0. The van der Waals surface area contributed by atoms with Gasteiger partial charge in [0.05, 0.1) is 11.7 Å². The van der Waals surface area contributed by atoms with Gasteiger partial charge < -0.3 is 10.2 Å². The summed E-state index contributed by atoms with van der Waals surface area (Å²) in [4.78, 5) is 0. The van der Waals surface area contributed by atoms with Gasteiger partial charge in [0.1, 0.15) is 0 Å². The molecular formula is C27H44O2. The molecular weight excluding hydrogens is 356 g/mol. The lowest BCUT2D eigenvalue weighted by molar-refractivity contribution is 0.0596. The Kier molecular flexibility index (Phi) is 7.16. The first-order valence-electron chi connectivity index (χ1n) is 12.1. The van der Waals surface area contributed by atoms with Crippen LogP contribution >= 0.6 is 0 Å². The monoisotopic (exact) mass is 400 g/mol. The number of allylic oxidation sites excluding steroid dienone is 3. The summed E-state index contributed by atoms with van der Waals surface area (Å²) in [5.41, 5.74) is 3.74. The molecule has 0 aromatic heterocycles. The van der Waals surface area contributed by atoms with Gasteiger partial charge in [0.25, 0.3) is 0 Å². The van der Waals surface area contributed by atoms with Crippen molar-refractivity contribution in [3.05, 3.63) is 35.5 Å². The summed E-state index contributed by atoms with van der Waals surface area (Å²) in [5.74, 6) is 2.26. The van der Waals surface area contributed by atoms with Crippen LogP contribution in [-0.2, 0) is 0 Å². The number of hydrogen-bond acceptors (Lipinski definition) is 2. The Morgan fingerprint density at radius 3 is 2.66 bits per heavy atom. The average molecular weight is 401 g/mol. The Bertz CT molecular complexity index is 650. The quantitative estimate of drug-likeness (QED) is 0.518. The van der Waals surface area contributed by atoms with Crippen LogP contribution in [0.1, 0.15) is 98.3 Å². The van der Waals surface area contributed by atoms with E-state index in [0.29, 0.717) is 5.41 Å². The zero-order valence-electron chi connectivity index (χ0n) is 19.3. The van der Waals surface area contributed by atoms with Crippen molar-refractivity contribution in [3.63, 3.8) is 0 Å². The Balaban J connectivity index is 1.68. The summed E-state index contributed by atoms with van der Waals surface area (Å²) in [6.07, 6.45) is 17.2.